The average Bonchev–Trinajstić information content (AvgIpc) is 3.33. The van der Waals surface area contributed by atoms with Crippen LogP contribution >= 0.6 is 0 Å². The summed E-state index contributed by atoms with van der Waals surface area (Å²) in [5.74, 6) is -1.02. The highest BCUT2D eigenvalue weighted by molar-refractivity contribution is 5.71. The molecule has 0 aromatic carbocycles. The molecule has 380 valence electrons. The van der Waals surface area contributed by atoms with Crippen molar-refractivity contribution in [3.63, 3.8) is 0 Å². The zero-order chi connectivity index (χ0) is 48.6. The molecule has 0 aromatic rings. The van der Waals surface area contributed by atoms with Crippen LogP contribution in [0.1, 0.15) is 239 Å². The third-order valence-corrected chi connectivity index (χ3v) is 11.2. The van der Waals surface area contributed by atoms with Crippen LogP contribution in [-0.2, 0) is 28.6 Å². The fourth-order valence-electron chi connectivity index (χ4n) is 7.14. The molecule has 0 bridgehead atoms. The van der Waals surface area contributed by atoms with E-state index < -0.39 is 12.1 Å². The van der Waals surface area contributed by atoms with Gasteiger partial charge in [0.05, 0.1) is 0 Å². The number of carbonyl (C=O) groups is 3. The Morgan fingerprint density at radius 1 is 0.313 bits per heavy atom. The summed E-state index contributed by atoms with van der Waals surface area (Å²) in [7, 11) is 0. The van der Waals surface area contributed by atoms with E-state index >= 15 is 0 Å². The van der Waals surface area contributed by atoms with Gasteiger partial charge in [0, 0.05) is 19.3 Å². The number of hydrogen-bond donors (Lipinski definition) is 0. The molecule has 0 heterocycles. The lowest BCUT2D eigenvalue weighted by atomic mass is 10.1. The van der Waals surface area contributed by atoms with Crippen molar-refractivity contribution in [3.8, 4) is 0 Å². The standard InChI is InChI=1S/C61H100O6/c1-4-7-10-13-16-19-22-25-28-29-30-31-34-37-40-43-46-49-52-55-61(64)67-58(56-65-59(62)53-50-47-44-41-38-35-32-26-23-20-17-14-11-8-5-2)57-66-60(63)54-51-48-45-42-39-36-33-27-24-21-18-15-12-9-6-3/h8,11,16-17,19-21,24-26,28,30-32,37,40,46,49,58H,4-7,9-10,12-15,18,22-23,27,29,33-36,38-39,41-45,47-48,50-57H2,1-3H3/b11-8-,19-16-,20-17-,24-21-,28-25-,31-30-,32-26-,40-37-,49-46-/t58-/m1/s1. The maximum atomic E-state index is 12.8. The molecule has 6 nitrogen and oxygen atoms in total. The number of ether oxygens (including phenoxy) is 3. The van der Waals surface area contributed by atoms with Crippen LogP contribution in [-0.4, -0.2) is 37.2 Å². The molecule has 0 aliphatic rings. The molecule has 0 spiro atoms. The van der Waals surface area contributed by atoms with Crippen molar-refractivity contribution in [1.82, 2.24) is 0 Å². The van der Waals surface area contributed by atoms with Gasteiger partial charge in [0.15, 0.2) is 6.10 Å². The maximum Gasteiger partial charge on any atom is 0.306 e. The van der Waals surface area contributed by atoms with Crippen LogP contribution in [0.4, 0.5) is 0 Å². The fraction of sp³-hybridized carbons (Fsp3) is 0.656. The summed E-state index contributed by atoms with van der Waals surface area (Å²) < 4.78 is 16.7. The van der Waals surface area contributed by atoms with Crippen LogP contribution in [0.25, 0.3) is 0 Å². The Kier molecular flexibility index (Phi) is 51.5. The summed E-state index contributed by atoms with van der Waals surface area (Å²) in [6.07, 6.45) is 73.7. The molecule has 0 saturated heterocycles. The summed E-state index contributed by atoms with van der Waals surface area (Å²) in [5, 5.41) is 0. The highest BCUT2D eigenvalue weighted by Crippen LogP contribution is 2.13. The van der Waals surface area contributed by atoms with Gasteiger partial charge in [-0.15, -0.1) is 0 Å². The van der Waals surface area contributed by atoms with Crippen molar-refractivity contribution >= 4 is 17.9 Å². The molecule has 67 heavy (non-hydrogen) atoms. The third kappa shape index (κ3) is 52.9. The minimum absolute atomic E-state index is 0.117. The van der Waals surface area contributed by atoms with Crippen LogP contribution in [0.2, 0.25) is 0 Å². The van der Waals surface area contributed by atoms with Crippen LogP contribution < -0.4 is 0 Å². The number of carbonyl (C=O) groups excluding carboxylic acids is 3. The van der Waals surface area contributed by atoms with E-state index in [1.165, 1.54) is 89.9 Å². The summed E-state index contributed by atoms with van der Waals surface area (Å²) in [6, 6.07) is 0. The van der Waals surface area contributed by atoms with Crippen molar-refractivity contribution in [2.45, 2.75) is 245 Å². The summed E-state index contributed by atoms with van der Waals surface area (Å²) in [4.78, 5) is 38.0. The lowest BCUT2D eigenvalue weighted by Gasteiger charge is -2.18. The smallest absolute Gasteiger partial charge is 0.306 e. The number of allylic oxidation sites excluding steroid dienone is 18. The molecule has 0 fully saturated rings. The van der Waals surface area contributed by atoms with Crippen LogP contribution in [0, 0.1) is 0 Å². The van der Waals surface area contributed by atoms with Gasteiger partial charge in [-0.2, -0.15) is 0 Å². The Balaban J connectivity index is 4.55. The van der Waals surface area contributed by atoms with Gasteiger partial charge < -0.3 is 14.2 Å². The molecule has 0 aliphatic heterocycles. The molecule has 1 atom stereocenters. The molecule has 0 aliphatic carbocycles. The van der Waals surface area contributed by atoms with E-state index in [1.54, 1.807) is 0 Å². The first-order valence-electron chi connectivity index (χ1n) is 27.4. The monoisotopic (exact) mass is 929 g/mol. The molecule has 6 heteroatoms. The second kappa shape index (κ2) is 54.7. The Morgan fingerprint density at radius 2 is 0.612 bits per heavy atom. The Bertz CT molecular complexity index is 1390. The van der Waals surface area contributed by atoms with Crippen LogP contribution in [0.15, 0.2) is 109 Å². The SMILES string of the molecule is CC/C=C\C/C=C\C/C=C\CCCCCCCC(=O)OC[C@H](COC(=O)CCCCCCCCC/C=C\CCCCCC)OC(=O)CC/C=C\C/C=C\C/C=C\C/C=C\C/C=C\CCCCC. The number of unbranched alkanes of at least 4 members (excludes halogenated alkanes) is 19. The molecule has 0 radical (unpaired) electrons. The first-order chi connectivity index (χ1) is 33.0. The van der Waals surface area contributed by atoms with Gasteiger partial charge >= 0.3 is 17.9 Å². The molecular formula is C61H100O6. The third-order valence-electron chi connectivity index (χ3n) is 11.2. The van der Waals surface area contributed by atoms with Gasteiger partial charge in [0.2, 0.25) is 0 Å². The molecule has 0 rings (SSSR count). The molecule has 0 unspecified atom stereocenters. The second-order valence-corrected chi connectivity index (χ2v) is 17.7. The van der Waals surface area contributed by atoms with E-state index in [4.69, 9.17) is 14.2 Å². The quantitative estimate of drug-likeness (QED) is 0.0262. The molecule has 0 amide bonds. The van der Waals surface area contributed by atoms with E-state index in [-0.39, 0.29) is 31.6 Å². The van der Waals surface area contributed by atoms with Crippen molar-refractivity contribution in [2.75, 3.05) is 13.2 Å². The summed E-state index contributed by atoms with van der Waals surface area (Å²) >= 11 is 0. The summed E-state index contributed by atoms with van der Waals surface area (Å²) in [5.41, 5.74) is 0. The lowest BCUT2D eigenvalue weighted by molar-refractivity contribution is -0.166. The Morgan fingerprint density at radius 3 is 1.01 bits per heavy atom. The van der Waals surface area contributed by atoms with Crippen molar-refractivity contribution < 1.29 is 28.6 Å². The summed E-state index contributed by atoms with van der Waals surface area (Å²) in [6.45, 7) is 6.40. The normalized spacial score (nSPS) is 12.9. The van der Waals surface area contributed by atoms with Crippen LogP contribution in [0.3, 0.4) is 0 Å². The van der Waals surface area contributed by atoms with Gasteiger partial charge in [-0.1, -0.05) is 214 Å². The highest BCUT2D eigenvalue weighted by Gasteiger charge is 2.19. The van der Waals surface area contributed by atoms with E-state index in [1.807, 2.05) is 12.2 Å². The first kappa shape index (κ1) is 63.1. The Labute approximate surface area is 412 Å². The van der Waals surface area contributed by atoms with Crippen LogP contribution in [0.5, 0.6) is 0 Å². The van der Waals surface area contributed by atoms with E-state index in [2.05, 4.69) is 118 Å². The topological polar surface area (TPSA) is 78.9 Å². The van der Waals surface area contributed by atoms with E-state index in [0.29, 0.717) is 19.3 Å². The van der Waals surface area contributed by atoms with E-state index in [0.717, 1.165) is 103 Å². The van der Waals surface area contributed by atoms with E-state index in [9.17, 15) is 14.4 Å². The van der Waals surface area contributed by atoms with Crippen molar-refractivity contribution in [2.24, 2.45) is 0 Å². The zero-order valence-electron chi connectivity index (χ0n) is 43.4. The molecule has 0 saturated carbocycles. The minimum atomic E-state index is -0.828. The Hall–Kier alpha value is -3.93. The van der Waals surface area contributed by atoms with Gasteiger partial charge in [-0.25, -0.2) is 0 Å². The first-order valence-corrected chi connectivity index (χ1v) is 27.4. The zero-order valence-corrected chi connectivity index (χ0v) is 43.4. The molecular weight excluding hydrogens is 829 g/mol. The average molecular weight is 929 g/mol. The number of hydrogen-bond acceptors (Lipinski definition) is 6. The van der Waals surface area contributed by atoms with Gasteiger partial charge in [-0.3, -0.25) is 14.4 Å². The predicted octanol–water partition coefficient (Wildman–Crippen LogP) is 18.3. The highest BCUT2D eigenvalue weighted by atomic mass is 16.6. The van der Waals surface area contributed by atoms with Gasteiger partial charge in [-0.05, 0) is 116 Å². The van der Waals surface area contributed by atoms with Crippen molar-refractivity contribution in [3.05, 3.63) is 109 Å². The molecule has 0 N–H and O–H groups in total. The van der Waals surface area contributed by atoms with Gasteiger partial charge in [0.1, 0.15) is 13.2 Å². The maximum absolute atomic E-state index is 12.8. The second-order valence-electron chi connectivity index (χ2n) is 17.7. The number of rotatable bonds is 48. The van der Waals surface area contributed by atoms with Crippen molar-refractivity contribution in [1.29, 1.82) is 0 Å². The minimum Gasteiger partial charge on any atom is -0.462 e. The molecule has 0 aromatic heterocycles. The fourth-order valence-corrected chi connectivity index (χ4v) is 7.14. The lowest BCUT2D eigenvalue weighted by Crippen LogP contribution is -2.30. The largest absolute Gasteiger partial charge is 0.462 e. The number of esters is 3. The predicted molar refractivity (Wildman–Crippen MR) is 288 cm³/mol. The van der Waals surface area contributed by atoms with Gasteiger partial charge in [0.25, 0.3) is 0 Å².